The van der Waals surface area contributed by atoms with Crippen molar-refractivity contribution in [1.82, 2.24) is 9.97 Å². The van der Waals surface area contributed by atoms with Gasteiger partial charge >= 0.3 is 0 Å². The van der Waals surface area contributed by atoms with Crippen molar-refractivity contribution in [3.8, 4) is 11.1 Å². The van der Waals surface area contributed by atoms with Crippen LogP contribution in [0.4, 0.5) is 5.82 Å². The van der Waals surface area contributed by atoms with Gasteiger partial charge < -0.3 is 5.32 Å². The second-order valence-electron chi connectivity index (χ2n) is 8.47. The van der Waals surface area contributed by atoms with Gasteiger partial charge in [-0.1, -0.05) is 36.8 Å². The Morgan fingerprint density at radius 3 is 2.50 bits per heavy atom. The van der Waals surface area contributed by atoms with E-state index < -0.39 is 0 Å². The lowest BCUT2D eigenvalue weighted by atomic mass is 9.88. The maximum Gasteiger partial charge on any atom is 0.229 e. The van der Waals surface area contributed by atoms with Gasteiger partial charge in [-0.25, -0.2) is 4.98 Å². The van der Waals surface area contributed by atoms with Crippen molar-refractivity contribution in [1.29, 1.82) is 0 Å². The first-order chi connectivity index (χ1) is 14.4. The molecule has 0 spiro atoms. The quantitative estimate of drug-likeness (QED) is 0.594. The fourth-order valence-corrected chi connectivity index (χ4v) is 4.58. The molecule has 1 aromatic carbocycles. The van der Waals surface area contributed by atoms with Crippen LogP contribution in [0.15, 0.2) is 48.7 Å². The number of rotatable bonds is 4. The third kappa shape index (κ3) is 4.00. The maximum absolute atomic E-state index is 13.1. The average molecular weight is 400 g/mol. The predicted molar refractivity (Wildman–Crippen MR) is 122 cm³/mol. The van der Waals surface area contributed by atoms with E-state index in [9.17, 15) is 4.79 Å². The first kappa shape index (κ1) is 20.3. The second-order valence-corrected chi connectivity index (χ2v) is 8.47. The molecule has 3 aromatic rings. The highest BCUT2D eigenvalue weighted by atomic mass is 16.2. The number of carbonyl (C=O) groups excluding carboxylic acids is 1. The van der Waals surface area contributed by atoms with E-state index in [2.05, 4.69) is 49.3 Å². The van der Waals surface area contributed by atoms with Crippen LogP contribution in [0.5, 0.6) is 0 Å². The van der Waals surface area contributed by atoms with Crippen molar-refractivity contribution in [3.63, 3.8) is 0 Å². The van der Waals surface area contributed by atoms with E-state index in [1.165, 1.54) is 16.7 Å². The molecular weight excluding hydrogens is 370 g/mol. The first-order valence-corrected chi connectivity index (χ1v) is 10.7. The number of benzene rings is 1. The van der Waals surface area contributed by atoms with E-state index >= 15 is 0 Å². The normalized spacial score (nSPS) is 18.4. The van der Waals surface area contributed by atoms with Crippen LogP contribution in [-0.2, 0) is 4.79 Å². The van der Waals surface area contributed by atoms with E-state index in [4.69, 9.17) is 4.98 Å². The summed E-state index contributed by atoms with van der Waals surface area (Å²) in [6.45, 7) is 8.33. The van der Waals surface area contributed by atoms with Gasteiger partial charge in [-0.15, -0.1) is 0 Å². The summed E-state index contributed by atoms with van der Waals surface area (Å²) >= 11 is 0. The molecule has 2 atom stereocenters. The molecule has 1 N–H and O–H groups in total. The summed E-state index contributed by atoms with van der Waals surface area (Å²) in [5.74, 6) is 0.771. The van der Waals surface area contributed by atoms with Gasteiger partial charge in [-0.05, 0) is 74.9 Å². The predicted octanol–water partition coefficient (Wildman–Crippen LogP) is 5.90. The smallest absolute Gasteiger partial charge is 0.229 e. The lowest BCUT2D eigenvalue weighted by molar-refractivity contribution is -0.120. The third-order valence-electron chi connectivity index (χ3n) is 6.37. The molecule has 154 valence electrons. The number of hydrogen-bond donors (Lipinski definition) is 1. The molecule has 0 radical (unpaired) electrons. The minimum absolute atomic E-state index is 0.0491. The van der Waals surface area contributed by atoms with Gasteiger partial charge in [0.05, 0.1) is 0 Å². The SMILES string of the molecule is Cc1ccccc1-c1ccc(NC(=O)C2CCCC2c2nc(C)c(C)cc2C)nc1. The fraction of sp³-hybridized carbons (Fsp3) is 0.346. The van der Waals surface area contributed by atoms with Crippen molar-refractivity contribution < 1.29 is 4.79 Å². The van der Waals surface area contributed by atoms with Gasteiger partial charge in [0.25, 0.3) is 0 Å². The Balaban J connectivity index is 1.51. The zero-order chi connectivity index (χ0) is 21.3. The van der Waals surface area contributed by atoms with Gasteiger partial charge in [0.15, 0.2) is 0 Å². The van der Waals surface area contributed by atoms with Crippen molar-refractivity contribution in [2.75, 3.05) is 5.32 Å². The van der Waals surface area contributed by atoms with Gasteiger partial charge in [0.1, 0.15) is 5.82 Å². The van der Waals surface area contributed by atoms with Crippen molar-refractivity contribution >= 4 is 11.7 Å². The number of pyridine rings is 2. The molecule has 1 saturated carbocycles. The Labute approximate surface area is 178 Å². The number of hydrogen-bond acceptors (Lipinski definition) is 3. The summed E-state index contributed by atoms with van der Waals surface area (Å²) in [6.07, 6.45) is 4.79. The highest BCUT2D eigenvalue weighted by molar-refractivity contribution is 5.92. The van der Waals surface area contributed by atoms with Crippen LogP contribution in [0.3, 0.4) is 0 Å². The molecule has 1 amide bonds. The van der Waals surface area contributed by atoms with Gasteiger partial charge in [0, 0.05) is 35.0 Å². The van der Waals surface area contributed by atoms with Crippen LogP contribution in [0.1, 0.15) is 53.3 Å². The molecule has 2 aromatic heterocycles. The summed E-state index contributed by atoms with van der Waals surface area (Å²) < 4.78 is 0. The monoisotopic (exact) mass is 399 g/mol. The molecule has 2 heterocycles. The van der Waals surface area contributed by atoms with Gasteiger partial charge in [-0.2, -0.15) is 0 Å². The topological polar surface area (TPSA) is 54.9 Å². The second kappa shape index (κ2) is 8.39. The number of nitrogens with one attached hydrogen (secondary N) is 1. The van der Waals surface area contributed by atoms with Crippen LogP contribution < -0.4 is 5.32 Å². The number of anilines is 1. The van der Waals surface area contributed by atoms with E-state index in [0.717, 1.165) is 41.8 Å². The van der Waals surface area contributed by atoms with Crippen molar-refractivity contribution in [2.45, 2.75) is 52.9 Å². The Morgan fingerprint density at radius 1 is 0.967 bits per heavy atom. The lowest BCUT2D eigenvalue weighted by Gasteiger charge is -2.21. The van der Waals surface area contributed by atoms with Crippen LogP contribution in [0.25, 0.3) is 11.1 Å². The Hall–Kier alpha value is -3.01. The highest BCUT2D eigenvalue weighted by Gasteiger charge is 2.36. The summed E-state index contributed by atoms with van der Waals surface area (Å²) in [4.78, 5) is 22.4. The van der Waals surface area contributed by atoms with E-state index in [1.54, 1.807) is 0 Å². The van der Waals surface area contributed by atoms with E-state index in [-0.39, 0.29) is 17.7 Å². The highest BCUT2D eigenvalue weighted by Crippen LogP contribution is 2.41. The number of aryl methyl sites for hydroxylation is 4. The Bertz CT molecular complexity index is 1070. The van der Waals surface area contributed by atoms with Gasteiger partial charge in [0.2, 0.25) is 5.91 Å². The van der Waals surface area contributed by atoms with Crippen LogP contribution in [-0.4, -0.2) is 15.9 Å². The molecular formula is C26H29N3O. The molecule has 0 saturated heterocycles. The minimum Gasteiger partial charge on any atom is -0.310 e. The molecule has 1 fully saturated rings. The first-order valence-electron chi connectivity index (χ1n) is 10.7. The molecule has 4 nitrogen and oxygen atoms in total. The zero-order valence-electron chi connectivity index (χ0n) is 18.2. The number of aromatic nitrogens is 2. The molecule has 4 heteroatoms. The molecule has 2 unspecified atom stereocenters. The lowest BCUT2D eigenvalue weighted by Crippen LogP contribution is -2.26. The molecule has 1 aliphatic rings. The average Bonchev–Trinajstić information content (AvgIpc) is 3.21. The Kier molecular flexibility index (Phi) is 5.67. The zero-order valence-corrected chi connectivity index (χ0v) is 18.2. The number of amides is 1. The maximum atomic E-state index is 13.1. The van der Waals surface area contributed by atoms with Crippen LogP contribution >= 0.6 is 0 Å². The van der Waals surface area contributed by atoms with Crippen molar-refractivity contribution in [2.24, 2.45) is 5.92 Å². The number of carbonyl (C=O) groups is 1. The van der Waals surface area contributed by atoms with Crippen LogP contribution in [0, 0.1) is 33.6 Å². The molecule has 0 bridgehead atoms. The van der Waals surface area contributed by atoms with Crippen molar-refractivity contribution in [3.05, 3.63) is 76.7 Å². The minimum atomic E-state index is -0.0591. The Morgan fingerprint density at radius 2 is 1.77 bits per heavy atom. The fourth-order valence-electron chi connectivity index (χ4n) is 4.58. The molecule has 1 aliphatic carbocycles. The molecule has 0 aliphatic heterocycles. The summed E-state index contributed by atoms with van der Waals surface area (Å²) in [5, 5.41) is 3.04. The van der Waals surface area contributed by atoms with E-state index in [0.29, 0.717) is 5.82 Å². The summed E-state index contributed by atoms with van der Waals surface area (Å²) in [7, 11) is 0. The van der Waals surface area contributed by atoms with E-state index in [1.807, 2.05) is 37.4 Å². The van der Waals surface area contributed by atoms with Crippen LogP contribution in [0.2, 0.25) is 0 Å². The summed E-state index contributed by atoms with van der Waals surface area (Å²) in [5.41, 5.74) is 7.95. The third-order valence-corrected chi connectivity index (χ3v) is 6.37. The molecule has 30 heavy (non-hydrogen) atoms. The number of nitrogens with zero attached hydrogens (tertiary/aromatic N) is 2. The standard InChI is InChI=1S/C26H29N3O/c1-16-8-5-6-9-21(16)20-12-13-24(27-15-20)29-26(30)23-11-7-10-22(23)25-18(3)14-17(2)19(4)28-25/h5-6,8-9,12-15,22-23H,7,10-11H2,1-4H3,(H,27,29,30). The summed E-state index contributed by atoms with van der Waals surface area (Å²) in [6, 6.07) is 14.3. The largest absolute Gasteiger partial charge is 0.310 e. The molecule has 4 rings (SSSR count). The van der Waals surface area contributed by atoms with Gasteiger partial charge in [-0.3, -0.25) is 9.78 Å².